The van der Waals surface area contributed by atoms with Gasteiger partial charge in [-0.1, -0.05) is 291 Å². The highest BCUT2D eigenvalue weighted by Crippen LogP contribution is 2.41. The van der Waals surface area contributed by atoms with E-state index < -0.39 is 0 Å². The van der Waals surface area contributed by atoms with Crippen LogP contribution in [0.1, 0.15) is 0 Å². The maximum Gasteiger partial charge on any atom is 0.164 e. The van der Waals surface area contributed by atoms with Crippen LogP contribution in [0.2, 0.25) is 0 Å². The van der Waals surface area contributed by atoms with Crippen molar-refractivity contribution in [3.8, 4) is 124 Å². The molecule has 0 aliphatic heterocycles. The number of benzene rings is 16. The van der Waals surface area contributed by atoms with Gasteiger partial charge in [0.25, 0.3) is 0 Å². The number of para-hydroxylation sites is 5. The molecule has 22 rings (SSSR count). The van der Waals surface area contributed by atoms with Crippen LogP contribution in [-0.2, 0) is 0 Å². The topological polar surface area (TPSA) is 113 Å². The molecule has 0 aliphatic rings. The van der Waals surface area contributed by atoms with Gasteiger partial charge in [0.15, 0.2) is 34.9 Å². The zero-order valence-corrected chi connectivity index (χ0v) is 60.3. The fraction of sp³-hybridized carbons (Fsp3) is 0. The second kappa shape index (κ2) is 27.5. The van der Waals surface area contributed by atoms with Gasteiger partial charge in [-0.05, 0) is 142 Å². The van der Waals surface area contributed by atoms with Gasteiger partial charge in [0.05, 0.1) is 22.1 Å². The van der Waals surface area contributed by atoms with Gasteiger partial charge < -0.3 is 18.0 Å². The molecule has 6 heterocycles. The summed E-state index contributed by atoms with van der Waals surface area (Å²) < 4.78 is 17.2. The van der Waals surface area contributed by atoms with Crippen molar-refractivity contribution < 1.29 is 8.83 Å². The van der Waals surface area contributed by atoms with Gasteiger partial charge in [0, 0.05) is 87.8 Å². The lowest BCUT2D eigenvalue weighted by Gasteiger charge is -2.14. The molecule has 0 fully saturated rings. The van der Waals surface area contributed by atoms with E-state index in [2.05, 4.69) is 288 Å². The normalized spacial score (nSPS) is 11.6. The third-order valence-corrected chi connectivity index (χ3v) is 21.3. The van der Waals surface area contributed by atoms with Crippen molar-refractivity contribution in [2.75, 3.05) is 0 Å². The van der Waals surface area contributed by atoms with Gasteiger partial charge in [-0.15, -0.1) is 0 Å². The summed E-state index contributed by atoms with van der Waals surface area (Å²) in [4.78, 5) is 30.0. The molecular formula is C102H64N8O2. The second-order valence-electron chi connectivity index (χ2n) is 28.1. The summed E-state index contributed by atoms with van der Waals surface area (Å²) in [5.41, 5.74) is 24.9. The van der Waals surface area contributed by atoms with E-state index in [0.717, 1.165) is 116 Å². The van der Waals surface area contributed by atoms with E-state index in [4.69, 9.17) is 38.7 Å². The van der Waals surface area contributed by atoms with Crippen molar-refractivity contribution in [1.82, 2.24) is 39.0 Å². The van der Waals surface area contributed by atoms with E-state index in [1.807, 2.05) is 109 Å². The number of nitrogens with zero attached hydrogens (tertiary/aromatic N) is 8. The molecule has 0 radical (unpaired) electrons. The summed E-state index contributed by atoms with van der Waals surface area (Å²) in [7, 11) is 0. The minimum absolute atomic E-state index is 0.590. The summed E-state index contributed by atoms with van der Waals surface area (Å²) in [5, 5.41) is 9.26. The molecular weight excluding hydrogens is 1370 g/mol. The third-order valence-electron chi connectivity index (χ3n) is 21.3. The molecule has 10 nitrogen and oxygen atoms in total. The largest absolute Gasteiger partial charge is 0.456 e. The summed E-state index contributed by atoms with van der Waals surface area (Å²) >= 11 is 0. The molecule has 0 amide bonds. The van der Waals surface area contributed by atoms with Crippen LogP contribution in [0.25, 0.3) is 212 Å². The summed E-state index contributed by atoms with van der Waals surface area (Å²) in [6.07, 6.45) is 0. The Morgan fingerprint density at radius 3 is 0.902 bits per heavy atom. The first-order valence-corrected chi connectivity index (χ1v) is 37.5. The predicted molar refractivity (Wildman–Crippen MR) is 457 cm³/mol. The standard InChI is InChI=1S/2C51H32N4O/c1-3-13-33(14-4-1)38-29-39(31-40(30-38)55-45-20-10-7-17-41(45)42-18-8-11-21-46(42)55)34-23-25-36(26-24-34)50-52-49(35-15-5-2-6-16-35)53-51(54-50)37-27-28-44-43-19-9-12-22-47(43)56-48(44)32-37;1-3-12-33(13-4-1)38-27-29-46-44(31-38)41-18-7-9-20-45(41)55(46)40-17-11-16-37(30-40)34-22-24-36(25-23-34)50-52-49(35-14-5-2-6-15-35)53-51(54-50)39-26-28-43-42-19-8-10-21-47(42)56-48(43)32-39/h2*1-32H. The molecule has 0 unspecified atom stereocenters. The molecule has 0 saturated carbocycles. The van der Waals surface area contributed by atoms with Crippen LogP contribution in [0.5, 0.6) is 0 Å². The Kier molecular flexibility index (Phi) is 16.0. The van der Waals surface area contributed by atoms with Crippen LogP contribution in [0.3, 0.4) is 0 Å². The monoisotopic (exact) mass is 1430 g/mol. The number of furan rings is 2. The zero-order valence-electron chi connectivity index (χ0n) is 60.3. The zero-order chi connectivity index (χ0) is 74.0. The number of hydrogen-bond acceptors (Lipinski definition) is 8. The second-order valence-corrected chi connectivity index (χ2v) is 28.1. The van der Waals surface area contributed by atoms with Crippen molar-refractivity contribution in [3.05, 3.63) is 388 Å². The SMILES string of the molecule is c1ccc(-c2cc(-c3ccc(-c4nc(-c5ccccc5)nc(-c5ccc6c(c5)oc5ccccc56)n4)cc3)cc(-n3c4ccccc4c4ccccc43)c2)cc1.c1ccc(-c2ccc3c(c2)c2ccccc2n3-c2cccc(-c3ccc(-c4nc(-c5ccccc5)nc(-c5ccc6c(c5)oc5ccccc56)n4)cc3)c2)cc1. The number of hydrogen-bond donors (Lipinski definition) is 0. The van der Waals surface area contributed by atoms with Crippen molar-refractivity contribution in [1.29, 1.82) is 0 Å². The van der Waals surface area contributed by atoms with Crippen LogP contribution in [0.15, 0.2) is 397 Å². The van der Waals surface area contributed by atoms with E-state index in [1.54, 1.807) is 0 Å². The number of fused-ring (bicyclic) bond motifs is 12. The molecule has 6 aromatic heterocycles. The van der Waals surface area contributed by atoms with E-state index in [-0.39, 0.29) is 0 Å². The quantitative estimate of drug-likeness (QED) is 0.119. The molecule has 16 aromatic carbocycles. The average molecular weight is 1430 g/mol. The number of aromatic nitrogens is 8. The summed E-state index contributed by atoms with van der Waals surface area (Å²) in [5.74, 6) is 3.63. The number of rotatable bonds is 12. The molecule has 0 spiro atoms. The lowest BCUT2D eigenvalue weighted by atomic mass is 9.97. The molecule has 112 heavy (non-hydrogen) atoms. The maximum atomic E-state index is 6.24. The van der Waals surface area contributed by atoms with E-state index in [0.29, 0.717) is 34.9 Å². The van der Waals surface area contributed by atoms with Crippen LogP contribution in [0.4, 0.5) is 0 Å². The Hall–Kier alpha value is -15.3. The Morgan fingerprint density at radius 2 is 0.438 bits per heavy atom. The first-order valence-electron chi connectivity index (χ1n) is 37.5. The molecule has 10 heteroatoms. The molecule has 524 valence electrons. The smallest absolute Gasteiger partial charge is 0.164 e. The lowest BCUT2D eigenvalue weighted by Crippen LogP contribution is -2.00. The van der Waals surface area contributed by atoms with Crippen LogP contribution < -0.4 is 0 Å². The Bertz CT molecular complexity index is 7300. The van der Waals surface area contributed by atoms with Crippen molar-refractivity contribution in [2.24, 2.45) is 0 Å². The van der Waals surface area contributed by atoms with Gasteiger partial charge in [-0.25, -0.2) is 29.9 Å². The third kappa shape index (κ3) is 11.9. The molecule has 0 atom stereocenters. The van der Waals surface area contributed by atoms with Gasteiger partial charge in [0.2, 0.25) is 0 Å². The highest BCUT2D eigenvalue weighted by Gasteiger charge is 2.21. The fourth-order valence-corrected chi connectivity index (χ4v) is 15.8. The fourth-order valence-electron chi connectivity index (χ4n) is 15.8. The lowest BCUT2D eigenvalue weighted by molar-refractivity contribution is 0.668. The van der Waals surface area contributed by atoms with E-state index >= 15 is 0 Å². The van der Waals surface area contributed by atoms with E-state index in [1.165, 1.54) is 60.3 Å². The van der Waals surface area contributed by atoms with Gasteiger partial charge in [-0.2, -0.15) is 0 Å². The average Bonchev–Trinajstić information content (AvgIpc) is 1.60. The summed E-state index contributed by atoms with van der Waals surface area (Å²) in [6, 6.07) is 135. The first-order chi connectivity index (χ1) is 55.5. The Balaban J connectivity index is 0.000000141. The molecule has 22 aromatic rings. The maximum absolute atomic E-state index is 6.24. The minimum atomic E-state index is 0.590. The predicted octanol–water partition coefficient (Wildman–Crippen LogP) is 26.4. The van der Waals surface area contributed by atoms with Crippen molar-refractivity contribution in [2.45, 2.75) is 0 Å². The van der Waals surface area contributed by atoms with Gasteiger partial charge >= 0.3 is 0 Å². The summed E-state index contributed by atoms with van der Waals surface area (Å²) in [6.45, 7) is 0. The van der Waals surface area contributed by atoms with Crippen LogP contribution >= 0.6 is 0 Å². The molecule has 0 bridgehead atoms. The Labute approximate surface area is 643 Å². The highest BCUT2D eigenvalue weighted by molar-refractivity contribution is 6.12. The minimum Gasteiger partial charge on any atom is -0.456 e. The highest BCUT2D eigenvalue weighted by atomic mass is 16.3. The van der Waals surface area contributed by atoms with Crippen LogP contribution in [0, 0.1) is 0 Å². The van der Waals surface area contributed by atoms with Crippen molar-refractivity contribution in [3.63, 3.8) is 0 Å². The first kappa shape index (κ1) is 65.1. The molecule has 0 aliphatic carbocycles. The molecule has 0 saturated heterocycles. The van der Waals surface area contributed by atoms with Gasteiger partial charge in [0.1, 0.15) is 22.3 Å². The van der Waals surface area contributed by atoms with Gasteiger partial charge in [-0.3, -0.25) is 0 Å². The van der Waals surface area contributed by atoms with Crippen molar-refractivity contribution >= 4 is 87.5 Å². The van der Waals surface area contributed by atoms with E-state index in [9.17, 15) is 0 Å². The molecule has 0 N–H and O–H groups in total. The van der Waals surface area contributed by atoms with Crippen LogP contribution in [-0.4, -0.2) is 39.0 Å². The Morgan fingerprint density at radius 1 is 0.152 bits per heavy atom.